The van der Waals surface area contributed by atoms with Crippen molar-refractivity contribution in [3.8, 4) is 0 Å². The van der Waals surface area contributed by atoms with Crippen molar-refractivity contribution in [2.45, 2.75) is 51.9 Å². The number of amides is 2. The number of carbonyl (C=O) groups excluding carboxylic acids is 1. The molecule has 1 N–H and O–H groups in total. The first-order valence-corrected chi connectivity index (χ1v) is 8.35. The fourth-order valence-corrected chi connectivity index (χ4v) is 3.24. The Morgan fingerprint density at radius 1 is 1.14 bits per heavy atom. The molecule has 120 valence electrons. The molecule has 5 heteroatoms. The Kier molecular flexibility index (Phi) is 5.88. The van der Waals surface area contributed by atoms with Crippen molar-refractivity contribution >= 4 is 12.0 Å². The molecule has 5 nitrogen and oxygen atoms in total. The number of carbonyl (C=O) groups is 2. The SMILES string of the molecule is CCCC1CCCN(C(=O)N(CC(=O)O)CC2CC2)CC1. The molecule has 21 heavy (non-hydrogen) atoms. The van der Waals surface area contributed by atoms with Gasteiger partial charge in [-0.2, -0.15) is 0 Å². The largest absolute Gasteiger partial charge is 0.480 e. The molecule has 1 aliphatic carbocycles. The lowest BCUT2D eigenvalue weighted by Gasteiger charge is -2.29. The van der Waals surface area contributed by atoms with E-state index in [1.807, 2.05) is 4.90 Å². The van der Waals surface area contributed by atoms with E-state index in [0.29, 0.717) is 12.5 Å². The fraction of sp³-hybridized carbons (Fsp3) is 0.875. The van der Waals surface area contributed by atoms with E-state index in [-0.39, 0.29) is 12.6 Å². The average Bonchev–Trinajstić information content (AvgIpc) is 3.24. The minimum atomic E-state index is -0.914. The number of carboxylic acids is 1. The van der Waals surface area contributed by atoms with Gasteiger partial charge in [0.05, 0.1) is 0 Å². The van der Waals surface area contributed by atoms with Crippen LogP contribution in [-0.2, 0) is 4.79 Å². The Balaban J connectivity index is 1.90. The van der Waals surface area contributed by atoms with E-state index in [2.05, 4.69) is 6.92 Å². The molecule has 1 heterocycles. The monoisotopic (exact) mass is 296 g/mol. The molecule has 0 bridgehead atoms. The number of aliphatic carboxylic acids is 1. The zero-order valence-corrected chi connectivity index (χ0v) is 13.1. The normalized spacial score (nSPS) is 22.7. The Labute approximate surface area is 127 Å². The molecule has 0 spiro atoms. The van der Waals surface area contributed by atoms with E-state index >= 15 is 0 Å². The summed E-state index contributed by atoms with van der Waals surface area (Å²) in [6.07, 6.45) is 7.99. The number of rotatable bonds is 6. The van der Waals surface area contributed by atoms with Gasteiger partial charge in [0.15, 0.2) is 0 Å². The van der Waals surface area contributed by atoms with E-state index in [9.17, 15) is 9.59 Å². The summed E-state index contributed by atoms with van der Waals surface area (Å²) >= 11 is 0. The highest BCUT2D eigenvalue weighted by molar-refractivity contribution is 5.80. The third-order valence-corrected chi connectivity index (χ3v) is 4.59. The van der Waals surface area contributed by atoms with Gasteiger partial charge in [-0.3, -0.25) is 4.79 Å². The number of likely N-dealkylation sites (tertiary alicyclic amines) is 1. The van der Waals surface area contributed by atoms with Crippen LogP contribution in [0.4, 0.5) is 4.79 Å². The zero-order valence-electron chi connectivity index (χ0n) is 13.1. The van der Waals surface area contributed by atoms with Crippen molar-refractivity contribution in [3.05, 3.63) is 0 Å². The molecular formula is C16H28N2O3. The number of nitrogens with zero attached hydrogens (tertiary/aromatic N) is 2. The Bertz CT molecular complexity index is 369. The lowest BCUT2D eigenvalue weighted by molar-refractivity contribution is -0.137. The molecule has 2 fully saturated rings. The minimum absolute atomic E-state index is 0.0681. The van der Waals surface area contributed by atoms with Crippen LogP contribution in [0.25, 0.3) is 0 Å². The second kappa shape index (κ2) is 7.66. The molecule has 2 rings (SSSR count). The van der Waals surface area contributed by atoms with Crippen LogP contribution < -0.4 is 0 Å². The van der Waals surface area contributed by atoms with E-state index in [1.54, 1.807) is 4.90 Å². The van der Waals surface area contributed by atoms with Crippen LogP contribution in [0.5, 0.6) is 0 Å². The highest BCUT2D eigenvalue weighted by Gasteiger charge is 2.31. The number of hydrogen-bond acceptors (Lipinski definition) is 2. The van der Waals surface area contributed by atoms with Gasteiger partial charge in [0.1, 0.15) is 6.54 Å². The second-order valence-corrected chi connectivity index (χ2v) is 6.57. The van der Waals surface area contributed by atoms with E-state index in [1.165, 1.54) is 19.3 Å². The summed E-state index contributed by atoms with van der Waals surface area (Å²) in [6, 6.07) is -0.0681. The topological polar surface area (TPSA) is 60.9 Å². The summed E-state index contributed by atoms with van der Waals surface area (Å²) in [4.78, 5) is 27.0. The van der Waals surface area contributed by atoms with Gasteiger partial charge >= 0.3 is 12.0 Å². The lowest BCUT2D eigenvalue weighted by Crippen LogP contribution is -2.46. The Morgan fingerprint density at radius 2 is 1.90 bits per heavy atom. The maximum atomic E-state index is 12.6. The summed E-state index contributed by atoms with van der Waals surface area (Å²) in [7, 11) is 0. The maximum absolute atomic E-state index is 12.6. The van der Waals surface area contributed by atoms with Crippen LogP contribution in [0, 0.1) is 11.8 Å². The summed E-state index contributed by atoms with van der Waals surface area (Å²) in [5, 5.41) is 9.02. The summed E-state index contributed by atoms with van der Waals surface area (Å²) in [5.41, 5.74) is 0. The van der Waals surface area contributed by atoms with Crippen molar-refractivity contribution in [3.63, 3.8) is 0 Å². The van der Waals surface area contributed by atoms with Crippen LogP contribution in [0.1, 0.15) is 51.9 Å². The molecule has 1 saturated heterocycles. The molecule has 1 atom stereocenters. The van der Waals surface area contributed by atoms with Crippen LogP contribution in [0.15, 0.2) is 0 Å². The average molecular weight is 296 g/mol. The standard InChI is InChI=1S/C16H28N2O3/c1-2-4-13-5-3-9-17(10-8-13)16(21)18(12-15(19)20)11-14-6-7-14/h13-14H,2-12H2,1H3,(H,19,20). The van der Waals surface area contributed by atoms with Gasteiger partial charge in [0, 0.05) is 19.6 Å². The van der Waals surface area contributed by atoms with Crippen molar-refractivity contribution in [2.75, 3.05) is 26.2 Å². The molecular weight excluding hydrogens is 268 g/mol. The molecule has 1 unspecified atom stereocenters. The van der Waals surface area contributed by atoms with Crippen LogP contribution in [0.3, 0.4) is 0 Å². The highest BCUT2D eigenvalue weighted by Crippen LogP contribution is 2.30. The fourth-order valence-electron chi connectivity index (χ4n) is 3.24. The summed E-state index contributed by atoms with van der Waals surface area (Å²) in [6.45, 7) is 4.21. The molecule has 0 radical (unpaired) electrons. The number of hydrogen-bond donors (Lipinski definition) is 1. The lowest BCUT2D eigenvalue weighted by atomic mass is 9.96. The molecule has 1 saturated carbocycles. The molecule has 2 amide bonds. The number of urea groups is 1. The summed E-state index contributed by atoms with van der Waals surface area (Å²) < 4.78 is 0. The third kappa shape index (κ3) is 5.21. The Morgan fingerprint density at radius 3 is 2.52 bits per heavy atom. The quantitative estimate of drug-likeness (QED) is 0.820. The molecule has 1 aliphatic heterocycles. The van der Waals surface area contributed by atoms with E-state index in [4.69, 9.17) is 5.11 Å². The smallest absolute Gasteiger partial charge is 0.323 e. The van der Waals surface area contributed by atoms with Gasteiger partial charge in [0.25, 0.3) is 0 Å². The predicted octanol–water partition coefficient (Wildman–Crippen LogP) is 2.81. The van der Waals surface area contributed by atoms with Crippen molar-refractivity contribution in [2.24, 2.45) is 11.8 Å². The van der Waals surface area contributed by atoms with Gasteiger partial charge in [-0.25, -0.2) is 4.79 Å². The highest BCUT2D eigenvalue weighted by atomic mass is 16.4. The van der Waals surface area contributed by atoms with Gasteiger partial charge in [-0.1, -0.05) is 19.8 Å². The molecule has 0 aromatic carbocycles. The Hall–Kier alpha value is -1.26. The second-order valence-electron chi connectivity index (χ2n) is 6.57. The zero-order chi connectivity index (χ0) is 15.2. The molecule has 0 aromatic rings. The number of carboxylic acid groups (broad SMARTS) is 1. The van der Waals surface area contributed by atoms with Crippen molar-refractivity contribution < 1.29 is 14.7 Å². The van der Waals surface area contributed by atoms with E-state index in [0.717, 1.165) is 44.7 Å². The first kappa shape index (κ1) is 16.1. The maximum Gasteiger partial charge on any atom is 0.323 e. The van der Waals surface area contributed by atoms with Crippen LogP contribution in [-0.4, -0.2) is 53.1 Å². The van der Waals surface area contributed by atoms with Crippen LogP contribution in [0.2, 0.25) is 0 Å². The molecule has 0 aromatic heterocycles. The third-order valence-electron chi connectivity index (χ3n) is 4.59. The van der Waals surface area contributed by atoms with Crippen molar-refractivity contribution in [1.29, 1.82) is 0 Å². The predicted molar refractivity (Wildman–Crippen MR) is 81.2 cm³/mol. The van der Waals surface area contributed by atoms with Crippen LogP contribution >= 0.6 is 0 Å². The van der Waals surface area contributed by atoms with Gasteiger partial charge in [0.2, 0.25) is 0 Å². The first-order chi connectivity index (χ1) is 10.1. The van der Waals surface area contributed by atoms with Gasteiger partial charge < -0.3 is 14.9 Å². The van der Waals surface area contributed by atoms with E-state index < -0.39 is 5.97 Å². The summed E-state index contributed by atoms with van der Waals surface area (Å²) in [5.74, 6) is 0.333. The first-order valence-electron chi connectivity index (χ1n) is 8.35. The van der Waals surface area contributed by atoms with Crippen molar-refractivity contribution in [1.82, 2.24) is 9.80 Å². The van der Waals surface area contributed by atoms with Gasteiger partial charge in [-0.15, -0.1) is 0 Å². The minimum Gasteiger partial charge on any atom is -0.480 e. The molecule has 2 aliphatic rings. The van der Waals surface area contributed by atoms with Gasteiger partial charge in [-0.05, 0) is 43.9 Å².